The van der Waals surface area contributed by atoms with Crippen molar-refractivity contribution in [1.82, 2.24) is 5.43 Å². The number of urea groups is 1. The Morgan fingerprint density at radius 3 is 2.73 bits per heavy atom. The summed E-state index contributed by atoms with van der Waals surface area (Å²) in [6.45, 7) is 6.53. The van der Waals surface area contributed by atoms with Crippen LogP contribution in [0.1, 0.15) is 46.5 Å². The molecule has 1 rings (SSSR count). The van der Waals surface area contributed by atoms with Crippen LogP contribution in [0.5, 0.6) is 0 Å². The number of carbonyl (C=O) groups excluding carboxylic acids is 1. The van der Waals surface area contributed by atoms with Gasteiger partial charge in [-0.15, -0.1) is 0 Å². The molecule has 0 aromatic heterocycles. The van der Waals surface area contributed by atoms with E-state index in [0.717, 1.165) is 12.1 Å². The second-order valence-electron chi connectivity index (χ2n) is 5.19. The fourth-order valence-corrected chi connectivity index (χ4v) is 2.29. The van der Waals surface area contributed by atoms with E-state index in [2.05, 4.69) is 24.4 Å². The summed E-state index contributed by atoms with van der Waals surface area (Å²) in [7, 11) is 0. The number of primary amides is 1. The average Bonchev–Trinajstić information content (AvgIpc) is 2.12. The van der Waals surface area contributed by atoms with E-state index < -0.39 is 6.03 Å². The van der Waals surface area contributed by atoms with Gasteiger partial charge in [-0.05, 0) is 37.5 Å². The third-order valence-electron chi connectivity index (χ3n) is 3.14. The van der Waals surface area contributed by atoms with Gasteiger partial charge in [0, 0.05) is 5.71 Å². The van der Waals surface area contributed by atoms with Crippen molar-refractivity contribution >= 4 is 11.7 Å². The smallest absolute Gasteiger partial charge is 0.332 e. The molecule has 86 valence electrons. The fraction of sp³-hybridized carbons (Fsp3) is 0.818. The Morgan fingerprint density at radius 2 is 2.20 bits per heavy atom. The molecular formula is C11H21N3O. The minimum absolute atomic E-state index is 0.395. The maximum atomic E-state index is 10.5. The summed E-state index contributed by atoms with van der Waals surface area (Å²) in [5.74, 6) is 0.487. The lowest BCUT2D eigenvalue weighted by molar-refractivity contribution is 0.214. The van der Waals surface area contributed by atoms with Gasteiger partial charge in [0.15, 0.2) is 0 Å². The van der Waals surface area contributed by atoms with Crippen LogP contribution in [0.3, 0.4) is 0 Å². The number of nitrogens with one attached hydrogen (secondary N) is 1. The standard InChI is InChI=1S/C11H21N3O/c1-8(13-14-10(12)15)9-5-4-6-11(2,3)7-9/h9H,4-7H2,1-3H3,(H3,12,14,15)/b13-8-. The maximum Gasteiger partial charge on any atom is 0.332 e. The number of nitrogens with two attached hydrogens (primary N) is 1. The molecule has 0 aliphatic heterocycles. The Hall–Kier alpha value is -1.06. The van der Waals surface area contributed by atoms with Crippen molar-refractivity contribution in [1.29, 1.82) is 0 Å². The number of rotatable bonds is 2. The topological polar surface area (TPSA) is 67.5 Å². The summed E-state index contributed by atoms with van der Waals surface area (Å²) in [6.07, 6.45) is 4.82. The molecule has 0 bridgehead atoms. The van der Waals surface area contributed by atoms with Gasteiger partial charge in [0.25, 0.3) is 0 Å². The van der Waals surface area contributed by atoms with Crippen LogP contribution in [-0.2, 0) is 0 Å². The van der Waals surface area contributed by atoms with Crippen molar-refractivity contribution in [3.63, 3.8) is 0 Å². The largest absolute Gasteiger partial charge is 0.350 e. The molecule has 0 spiro atoms. The van der Waals surface area contributed by atoms with Gasteiger partial charge < -0.3 is 5.73 Å². The van der Waals surface area contributed by atoms with E-state index in [0.29, 0.717) is 11.3 Å². The summed E-state index contributed by atoms with van der Waals surface area (Å²) in [5.41, 5.74) is 8.65. The Bertz CT molecular complexity index is 271. The second-order valence-corrected chi connectivity index (χ2v) is 5.19. The van der Waals surface area contributed by atoms with Crippen molar-refractivity contribution in [3.05, 3.63) is 0 Å². The summed E-state index contributed by atoms with van der Waals surface area (Å²) in [6, 6.07) is -0.593. The molecule has 0 saturated heterocycles. The number of amides is 2. The Balaban J connectivity index is 2.55. The lowest BCUT2D eigenvalue weighted by Gasteiger charge is -2.35. The van der Waals surface area contributed by atoms with E-state index in [1.807, 2.05) is 6.92 Å². The second kappa shape index (κ2) is 4.64. The molecule has 4 heteroatoms. The number of hydrogen-bond acceptors (Lipinski definition) is 2. The van der Waals surface area contributed by atoms with Crippen molar-refractivity contribution < 1.29 is 4.79 Å². The van der Waals surface area contributed by atoms with Crippen molar-refractivity contribution in [3.8, 4) is 0 Å². The highest BCUT2D eigenvalue weighted by Crippen LogP contribution is 2.38. The molecule has 2 amide bonds. The molecule has 1 saturated carbocycles. The van der Waals surface area contributed by atoms with Crippen molar-refractivity contribution in [2.24, 2.45) is 22.2 Å². The Labute approximate surface area is 91.3 Å². The van der Waals surface area contributed by atoms with E-state index in [-0.39, 0.29) is 0 Å². The van der Waals surface area contributed by atoms with Gasteiger partial charge in [0.2, 0.25) is 0 Å². The zero-order valence-corrected chi connectivity index (χ0v) is 9.84. The van der Waals surface area contributed by atoms with Crippen LogP contribution in [0.4, 0.5) is 4.79 Å². The number of hydrogen-bond donors (Lipinski definition) is 2. The van der Waals surface area contributed by atoms with Crippen LogP contribution in [0, 0.1) is 11.3 Å². The van der Waals surface area contributed by atoms with Gasteiger partial charge in [0.1, 0.15) is 0 Å². The molecular weight excluding hydrogens is 190 g/mol. The molecule has 1 aliphatic carbocycles. The molecule has 15 heavy (non-hydrogen) atoms. The highest BCUT2D eigenvalue weighted by molar-refractivity contribution is 5.85. The van der Waals surface area contributed by atoms with Crippen molar-refractivity contribution in [2.45, 2.75) is 46.5 Å². The first-order chi connectivity index (χ1) is 6.91. The van der Waals surface area contributed by atoms with E-state index in [4.69, 9.17) is 5.73 Å². The van der Waals surface area contributed by atoms with Crippen LogP contribution in [0.25, 0.3) is 0 Å². The number of hydrazone groups is 1. The third kappa shape index (κ3) is 3.90. The van der Waals surface area contributed by atoms with E-state index >= 15 is 0 Å². The number of nitrogens with zero attached hydrogens (tertiary/aromatic N) is 1. The van der Waals surface area contributed by atoms with Gasteiger partial charge in [-0.3, -0.25) is 0 Å². The third-order valence-corrected chi connectivity index (χ3v) is 3.14. The summed E-state index contributed by atoms with van der Waals surface area (Å²) < 4.78 is 0. The quantitative estimate of drug-likeness (QED) is 0.534. The van der Waals surface area contributed by atoms with Gasteiger partial charge in [-0.25, -0.2) is 10.2 Å². The number of carbonyl (C=O) groups is 1. The Kier molecular flexibility index (Phi) is 3.72. The first-order valence-corrected chi connectivity index (χ1v) is 5.50. The zero-order chi connectivity index (χ0) is 11.5. The molecule has 0 radical (unpaired) electrons. The first kappa shape index (κ1) is 12.0. The predicted molar refractivity (Wildman–Crippen MR) is 61.6 cm³/mol. The fourth-order valence-electron chi connectivity index (χ4n) is 2.29. The van der Waals surface area contributed by atoms with Crippen molar-refractivity contribution in [2.75, 3.05) is 0 Å². The predicted octanol–water partition coefficient (Wildman–Crippen LogP) is 2.25. The van der Waals surface area contributed by atoms with Crippen LogP contribution in [-0.4, -0.2) is 11.7 Å². The summed E-state index contributed by atoms with van der Waals surface area (Å²) >= 11 is 0. The summed E-state index contributed by atoms with van der Waals surface area (Å²) in [5, 5.41) is 4.00. The highest BCUT2D eigenvalue weighted by Gasteiger charge is 2.29. The lowest BCUT2D eigenvalue weighted by atomic mass is 9.71. The van der Waals surface area contributed by atoms with E-state index in [1.54, 1.807) is 0 Å². The van der Waals surface area contributed by atoms with Gasteiger partial charge in [0.05, 0.1) is 0 Å². The monoisotopic (exact) mass is 211 g/mol. The molecule has 1 fully saturated rings. The normalized spacial score (nSPS) is 26.1. The molecule has 0 heterocycles. The summed E-state index contributed by atoms with van der Waals surface area (Å²) in [4.78, 5) is 10.5. The lowest BCUT2D eigenvalue weighted by Crippen LogP contribution is -2.30. The molecule has 1 aliphatic rings. The minimum Gasteiger partial charge on any atom is -0.350 e. The molecule has 0 aromatic rings. The SMILES string of the molecule is C/C(=N/NC(N)=O)C1CCCC(C)(C)C1. The Morgan fingerprint density at radius 1 is 1.53 bits per heavy atom. The van der Waals surface area contributed by atoms with Crippen LogP contribution < -0.4 is 11.2 Å². The molecule has 1 atom stereocenters. The molecule has 1 unspecified atom stereocenters. The first-order valence-electron chi connectivity index (χ1n) is 5.50. The van der Waals surface area contributed by atoms with E-state index in [1.165, 1.54) is 19.3 Å². The zero-order valence-electron chi connectivity index (χ0n) is 9.84. The highest BCUT2D eigenvalue weighted by atomic mass is 16.2. The van der Waals surface area contributed by atoms with Crippen LogP contribution >= 0.6 is 0 Å². The van der Waals surface area contributed by atoms with Gasteiger partial charge >= 0.3 is 6.03 Å². The van der Waals surface area contributed by atoms with Gasteiger partial charge in [-0.2, -0.15) is 5.10 Å². The van der Waals surface area contributed by atoms with Crippen LogP contribution in [0.15, 0.2) is 5.10 Å². The maximum absolute atomic E-state index is 10.5. The van der Waals surface area contributed by atoms with Gasteiger partial charge in [-0.1, -0.05) is 20.3 Å². The van der Waals surface area contributed by atoms with E-state index in [9.17, 15) is 4.79 Å². The van der Waals surface area contributed by atoms with Crippen LogP contribution in [0.2, 0.25) is 0 Å². The molecule has 3 N–H and O–H groups in total. The average molecular weight is 211 g/mol. The molecule has 0 aromatic carbocycles. The molecule has 4 nitrogen and oxygen atoms in total. The minimum atomic E-state index is -0.593.